The van der Waals surface area contributed by atoms with E-state index in [1.165, 1.54) is 23.0 Å². The van der Waals surface area contributed by atoms with Gasteiger partial charge in [0.2, 0.25) is 0 Å². The Bertz CT molecular complexity index is 893. The van der Waals surface area contributed by atoms with Crippen LogP contribution >= 0.6 is 0 Å². The lowest BCUT2D eigenvalue weighted by Crippen LogP contribution is -2.21. The zero-order chi connectivity index (χ0) is 16.4. The molecule has 9 heteroatoms. The minimum Gasteiger partial charge on any atom is -0.361 e. The van der Waals surface area contributed by atoms with Crippen molar-refractivity contribution in [2.24, 2.45) is 0 Å². The lowest BCUT2D eigenvalue weighted by molar-refractivity contribution is -0.115. The fourth-order valence-corrected chi connectivity index (χ4v) is 2.00. The van der Waals surface area contributed by atoms with Gasteiger partial charge in [0.25, 0.3) is 0 Å². The van der Waals surface area contributed by atoms with Crippen molar-refractivity contribution in [1.82, 2.24) is 19.6 Å². The Morgan fingerprint density at radius 1 is 1.30 bits per heavy atom. The molecule has 0 atom stereocenters. The van der Waals surface area contributed by atoms with Crippen LogP contribution in [0.1, 0.15) is 5.56 Å². The predicted octanol–water partition coefficient (Wildman–Crippen LogP) is 2.64. The highest BCUT2D eigenvalue weighted by Gasteiger charge is 2.26. The number of nitriles is 1. The Hall–Kier alpha value is -3.15. The molecule has 116 valence electrons. The second kappa shape index (κ2) is 5.57. The van der Waals surface area contributed by atoms with Gasteiger partial charge in [-0.2, -0.15) is 23.5 Å². The van der Waals surface area contributed by atoms with Gasteiger partial charge in [0.05, 0.1) is 28.9 Å². The van der Waals surface area contributed by atoms with Crippen LogP contribution in [0.2, 0.25) is 0 Å². The number of aromatic nitrogens is 4. The maximum atomic E-state index is 12.3. The summed E-state index contributed by atoms with van der Waals surface area (Å²) in [5.74, 6) is 0.283. The zero-order valence-electron chi connectivity index (χ0n) is 11.5. The van der Waals surface area contributed by atoms with Crippen LogP contribution in [0.25, 0.3) is 16.9 Å². The molecule has 3 aromatic rings. The fourth-order valence-electron chi connectivity index (χ4n) is 2.00. The van der Waals surface area contributed by atoms with Gasteiger partial charge in [-0.05, 0) is 18.2 Å². The summed E-state index contributed by atoms with van der Waals surface area (Å²) in [4.78, 5) is 8.13. The first-order valence-corrected chi connectivity index (χ1v) is 6.48. The van der Waals surface area contributed by atoms with Crippen molar-refractivity contribution in [2.75, 3.05) is 11.9 Å². The molecule has 0 spiro atoms. The lowest BCUT2D eigenvalue weighted by atomic mass is 10.2. The summed E-state index contributed by atoms with van der Waals surface area (Å²) >= 11 is 0. The highest BCUT2D eigenvalue weighted by molar-refractivity contribution is 5.77. The van der Waals surface area contributed by atoms with Crippen molar-refractivity contribution in [3.63, 3.8) is 0 Å². The quantitative estimate of drug-likeness (QED) is 0.803. The van der Waals surface area contributed by atoms with Crippen LogP contribution in [-0.4, -0.2) is 32.3 Å². The van der Waals surface area contributed by atoms with Crippen LogP contribution in [0, 0.1) is 11.3 Å². The maximum Gasteiger partial charge on any atom is 0.405 e. The van der Waals surface area contributed by atoms with Crippen LogP contribution in [0.15, 0.2) is 36.8 Å². The molecule has 0 amide bonds. The molecule has 0 radical (unpaired) electrons. The summed E-state index contributed by atoms with van der Waals surface area (Å²) in [7, 11) is 0. The number of nitrogens with zero attached hydrogens (tertiary/aromatic N) is 5. The topological polar surface area (TPSA) is 78.9 Å². The van der Waals surface area contributed by atoms with Crippen molar-refractivity contribution in [1.29, 1.82) is 5.26 Å². The highest BCUT2D eigenvalue weighted by atomic mass is 19.4. The lowest BCUT2D eigenvalue weighted by Gasteiger charge is -2.09. The standard InChI is InChI=1S/C14H9F3N6/c15-14(16,17)8-20-12-1-3-19-13(22-12)10-7-21-23-4-2-9(6-18)5-11(10)23/h1-5,7H,8H2,(H,19,20,22). The number of nitrogens with one attached hydrogen (secondary N) is 1. The van der Waals surface area contributed by atoms with E-state index < -0.39 is 12.7 Å². The average Bonchev–Trinajstić information content (AvgIpc) is 2.95. The van der Waals surface area contributed by atoms with Crippen molar-refractivity contribution in [2.45, 2.75) is 6.18 Å². The molecule has 0 aliphatic rings. The van der Waals surface area contributed by atoms with Gasteiger partial charge in [-0.3, -0.25) is 0 Å². The third kappa shape index (κ3) is 3.21. The molecule has 23 heavy (non-hydrogen) atoms. The van der Waals surface area contributed by atoms with Gasteiger partial charge >= 0.3 is 6.18 Å². The summed E-state index contributed by atoms with van der Waals surface area (Å²) < 4.78 is 38.3. The van der Waals surface area contributed by atoms with Gasteiger partial charge in [0.1, 0.15) is 12.4 Å². The van der Waals surface area contributed by atoms with Crippen LogP contribution in [-0.2, 0) is 0 Å². The Morgan fingerprint density at radius 2 is 2.13 bits per heavy atom. The Morgan fingerprint density at radius 3 is 2.87 bits per heavy atom. The molecule has 3 aromatic heterocycles. The van der Waals surface area contributed by atoms with Crippen molar-refractivity contribution in [3.05, 3.63) is 42.4 Å². The smallest absolute Gasteiger partial charge is 0.361 e. The third-order valence-corrected chi connectivity index (χ3v) is 3.02. The highest BCUT2D eigenvalue weighted by Crippen LogP contribution is 2.23. The summed E-state index contributed by atoms with van der Waals surface area (Å²) in [6.07, 6.45) is 0.137. The second-order valence-corrected chi connectivity index (χ2v) is 4.65. The minimum absolute atomic E-state index is 0.0584. The van der Waals surface area contributed by atoms with Crippen molar-refractivity contribution >= 4 is 11.3 Å². The predicted molar refractivity (Wildman–Crippen MR) is 75.5 cm³/mol. The van der Waals surface area contributed by atoms with Gasteiger partial charge in [-0.1, -0.05) is 0 Å². The largest absolute Gasteiger partial charge is 0.405 e. The molecule has 0 aliphatic carbocycles. The van der Waals surface area contributed by atoms with Crippen LogP contribution in [0.4, 0.5) is 19.0 Å². The van der Waals surface area contributed by atoms with Crippen LogP contribution in [0.5, 0.6) is 0 Å². The molecule has 0 aliphatic heterocycles. The summed E-state index contributed by atoms with van der Waals surface area (Å²) in [6.45, 7) is -1.18. The molecule has 0 unspecified atom stereocenters. The fraction of sp³-hybridized carbons (Fsp3) is 0.143. The number of halogens is 3. The summed E-state index contributed by atoms with van der Waals surface area (Å²) in [5.41, 5.74) is 1.56. The molecule has 3 rings (SSSR count). The molecule has 3 heterocycles. The SMILES string of the molecule is N#Cc1ccn2ncc(-c3nccc(NCC(F)(F)F)n3)c2c1. The van der Waals surface area contributed by atoms with Crippen LogP contribution < -0.4 is 5.32 Å². The Balaban J connectivity index is 1.97. The monoisotopic (exact) mass is 318 g/mol. The van der Waals surface area contributed by atoms with E-state index in [0.29, 0.717) is 16.6 Å². The normalized spacial score (nSPS) is 11.4. The zero-order valence-corrected chi connectivity index (χ0v) is 11.5. The number of rotatable bonds is 3. The van der Waals surface area contributed by atoms with E-state index >= 15 is 0 Å². The molecule has 0 saturated heterocycles. The van der Waals surface area contributed by atoms with Gasteiger partial charge in [0.15, 0.2) is 5.82 Å². The minimum atomic E-state index is -4.34. The Labute approximate surface area is 128 Å². The molecular formula is C14H9F3N6. The van der Waals surface area contributed by atoms with E-state index in [-0.39, 0.29) is 11.6 Å². The number of anilines is 1. The number of fused-ring (bicyclic) bond motifs is 1. The number of alkyl halides is 3. The Kier molecular flexibility index (Phi) is 3.57. The summed E-state index contributed by atoms with van der Waals surface area (Å²) in [6, 6.07) is 6.58. The third-order valence-electron chi connectivity index (χ3n) is 3.02. The first kappa shape index (κ1) is 14.8. The molecule has 0 aromatic carbocycles. The number of pyridine rings is 1. The molecule has 0 saturated carbocycles. The van der Waals surface area contributed by atoms with Crippen LogP contribution in [0.3, 0.4) is 0 Å². The molecular weight excluding hydrogens is 309 g/mol. The van der Waals surface area contributed by atoms with E-state index in [4.69, 9.17) is 5.26 Å². The van der Waals surface area contributed by atoms with E-state index in [0.717, 1.165) is 0 Å². The van der Waals surface area contributed by atoms with Gasteiger partial charge in [-0.25, -0.2) is 14.5 Å². The number of hydrogen-bond donors (Lipinski definition) is 1. The van der Waals surface area contributed by atoms with Gasteiger partial charge in [0, 0.05) is 12.4 Å². The second-order valence-electron chi connectivity index (χ2n) is 4.65. The maximum absolute atomic E-state index is 12.3. The first-order chi connectivity index (χ1) is 11.0. The van der Waals surface area contributed by atoms with E-state index in [1.807, 2.05) is 6.07 Å². The molecule has 6 nitrogen and oxygen atoms in total. The van der Waals surface area contributed by atoms with Gasteiger partial charge < -0.3 is 5.32 Å². The molecule has 1 N–H and O–H groups in total. The number of hydrogen-bond acceptors (Lipinski definition) is 5. The first-order valence-electron chi connectivity index (χ1n) is 6.48. The van der Waals surface area contributed by atoms with E-state index in [9.17, 15) is 13.2 Å². The average molecular weight is 318 g/mol. The van der Waals surface area contributed by atoms with Gasteiger partial charge in [-0.15, -0.1) is 0 Å². The van der Waals surface area contributed by atoms with E-state index in [1.54, 1.807) is 18.3 Å². The van der Waals surface area contributed by atoms with E-state index in [2.05, 4.69) is 20.4 Å². The molecule has 0 bridgehead atoms. The van der Waals surface area contributed by atoms with Crippen molar-refractivity contribution in [3.8, 4) is 17.5 Å². The molecule has 0 fully saturated rings. The van der Waals surface area contributed by atoms with Crippen molar-refractivity contribution < 1.29 is 13.2 Å². The summed E-state index contributed by atoms with van der Waals surface area (Å²) in [5, 5.41) is 15.3.